The number of hydrogen-bond donors (Lipinski definition) is 0. The van der Waals surface area contributed by atoms with E-state index in [1.807, 2.05) is 6.92 Å². The van der Waals surface area contributed by atoms with Gasteiger partial charge in [0.2, 0.25) is 0 Å². The van der Waals surface area contributed by atoms with Crippen molar-refractivity contribution in [1.29, 1.82) is 0 Å². The van der Waals surface area contributed by atoms with E-state index in [0.717, 1.165) is 12.4 Å². The Kier molecular flexibility index (Phi) is 11.3. The maximum atomic E-state index is 5.31. The largest absolute Gasteiger partial charge is 0.499 e. The molecule has 0 fully saturated rings. The molecule has 0 aromatic carbocycles. The first-order chi connectivity index (χ1) is 7.27. The van der Waals surface area contributed by atoms with E-state index < -0.39 is 0 Å². The number of unbranched alkanes of at least 4 members (excludes halogenated alkanes) is 8. The van der Waals surface area contributed by atoms with Crippen molar-refractivity contribution in [2.45, 2.75) is 71.6 Å². The van der Waals surface area contributed by atoms with E-state index >= 15 is 0 Å². The Morgan fingerprint density at radius 1 is 0.867 bits per heavy atom. The van der Waals surface area contributed by atoms with Crippen LogP contribution in [0.15, 0.2) is 12.3 Å². The second-order valence-electron chi connectivity index (χ2n) is 4.38. The van der Waals surface area contributed by atoms with Gasteiger partial charge in [-0.05, 0) is 13.3 Å². The summed E-state index contributed by atoms with van der Waals surface area (Å²) in [6.07, 6.45) is 12.3. The van der Waals surface area contributed by atoms with Crippen LogP contribution in [0.4, 0.5) is 0 Å². The van der Waals surface area contributed by atoms with E-state index in [9.17, 15) is 0 Å². The molecular weight excluding hydrogens is 184 g/mol. The predicted molar refractivity (Wildman–Crippen MR) is 68.0 cm³/mol. The topological polar surface area (TPSA) is 9.23 Å². The zero-order chi connectivity index (χ0) is 11.4. The number of rotatable bonds is 11. The van der Waals surface area contributed by atoms with Crippen molar-refractivity contribution in [1.82, 2.24) is 0 Å². The van der Waals surface area contributed by atoms with Gasteiger partial charge in [0.25, 0.3) is 0 Å². The minimum Gasteiger partial charge on any atom is -0.499 e. The highest BCUT2D eigenvalue weighted by Gasteiger charge is 1.92. The van der Waals surface area contributed by atoms with Gasteiger partial charge < -0.3 is 4.74 Å². The lowest BCUT2D eigenvalue weighted by atomic mass is 10.1. The van der Waals surface area contributed by atoms with Gasteiger partial charge in [-0.3, -0.25) is 0 Å². The van der Waals surface area contributed by atoms with Crippen LogP contribution in [0.2, 0.25) is 0 Å². The van der Waals surface area contributed by atoms with Gasteiger partial charge in [-0.1, -0.05) is 64.9 Å². The van der Waals surface area contributed by atoms with E-state index in [0.29, 0.717) is 0 Å². The second-order valence-corrected chi connectivity index (χ2v) is 4.38. The maximum Gasteiger partial charge on any atom is 0.0876 e. The summed E-state index contributed by atoms with van der Waals surface area (Å²) >= 11 is 0. The summed E-state index contributed by atoms with van der Waals surface area (Å²) in [4.78, 5) is 0. The average Bonchev–Trinajstić information content (AvgIpc) is 2.20. The predicted octanol–water partition coefficient (Wildman–Crippen LogP) is 5.07. The Morgan fingerprint density at radius 2 is 1.33 bits per heavy atom. The highest BCUT2D eigenvalue weighted by molar-refractivity contribution is 4.73. The van der Waals surface area contributed by atoms with Crippen molar-refractivity contribution in [2.75, 3.05) is 6.61 Å². The highest BCUT2D eigenvalue weighted by Crippen LogP contribution is 2.09. The van der Waals surface area contributed by atoms with E-state index in [-0.39, 0.29) is 0 Å². The molecule has 1 nitrogen and oxygen atoms in total. The lowest BCUT2D eigenvalue weighted by molar-refractivity contribution is 0.208. The molecule has 0 aliphatic carbocycles. The summed E-state index contributed by atoms with van der Waals surface area (Å²) < 4.78 is 5.31. The smallest absolute Gasteiger partial charge is 0.0876 e. The normalized spacial score (nSPS) is 10.3. The van der Waals surface area contributed by atoms with Crippen LogP contribution in [0.1, 0.15) is 71.6 Å². The molecule has 0 aromatic heterocycles. The Labute approximate surface area is 95.9 Å². The van der Waals surface area contributed by atoms with Crippen molar-refractivity contribution < 1.29 is 4.74 Å². The molecule has 0 amide bonds. The summed E-state index contributed by atoms with van der Waals surface area (Å²) in [5.74, 6) is 0.842. The Balaban J connectivity index is 2.89. The summed E-state index contributed by atoms with van der Waals surface area (Å²) in [5, 5.41) is 0. The fourth-order valence-corrected chi connectivity index (χ4v) is 1.66. The van der Waals surface area contributed by atoms with Gasteiger partial charge in [-0.2, -0.15) is 0 Å². The molecule has 0 rings (SSSR count). The van der Waals surface area contributed by atoms with E-state index in [4.69, 9.17) is 4.74 Å². The van der Waals surface area contributed by atoms with Crippen molar-refractivity contribution in [3.05, 3.63) is 12.3 Å². The van der Waals surface area contributed by atoms with Crippen molar-refractivity contribution in [3.8, 4) is 0 Å². The van der Waals surface area contributed by atoms with Crippen LogP contribution in [0, 0.1) is 0 Å². The van der Waals surface area contributed by atoms with Gasteiger partial charge in [0.05, 0.1) is 12.4 Å². The molecule has 15 heavy (non-hydrogen) atoms. The molecule has 0 saturated carbocycles. The SMILES string of the molecule is C=C(C)OCCCCCCCCCCC. The summed E-state index contributed by atoms with van der Waals surface area (Å²) in [6, 6.07) is 0. The third-order valence-corrected chi connectivity index (χ3v) is 2.60. The molecule has 0 spiro atoms. The van der Waals surface area contributed by atoms with Crippen molar-refractivity contribution >= 4 is 0 Å². The molecule has 0 heterocycles. The molecule has 90 valence electrons. The molecule has 0 unspecified atom stereocenters. The molecule has 0 radical (unpaired) electrons. The summed E-state index contributed by atoms with van der Waals surface area (Å²) in [5.41, 5.74) is 0. The fraction of sp³-hybridized carbons (Fsp3) is 0.857. The molecule has 0 saturated heterocycles. The van der Waals surface area contributed by atoms with Gasteiger partial charge in [0.1, 0.15) is 0 Å². The lowest BCUT2D eigenvalue weighted by Gasteiger charge is -2.04. The molecule has 0 bridgehead atoms. The minimum absolute atomic E-state index is 0.842. The highest BCUT2D eigenvalue weighted by atomic mass is 16.5. The van der Waals surface area contributed by atoms with E-state index in [1.54, 1.807) is 0 Å². The molecule has 0 aromatic rings. The molecule has 1 heteroatoms. The van der Waals surface area contributed by atoms with Crippen molar-refractivity contribution in [2.24, 2.45) is 0 Å². The first-order valence-electron chi connectivity index (χ1n) is 6.55. The molecule has 0 aliphatic heterocycles. The van der Waals surface area contributed by atoms with Gasteiger partial charge in [-0.15, -0.1) is 0 Å². The molecule has 0 atom stereocenters. The Hall–Kier alpha value is -0.460. The van der Waals surface area contributed by atoms with E-state index in [2.05, 4.69) is 13.5 Å². The zero-order valence-corrected chi connectivity index (χ0v) is 10.7. The zero-order valence-electron chi connectivity index (χ0n) is 10.7. The van der Waals surface area contributed by atoms with Gasteiger partial charge in [0.15, 0.2) is 0 Å². The van der Waals surface area contributed by atoms with Crippen LogP contribution in [0.25, 0.3) is 0 Å². The summed E-state index contributed by atoms with van der Waals surface area (Å²) in [7, 11) is 0. The second kappa shape index (κ2) is 11.6. The third-order valence-electron chi connectivity index (χ3n) is 2.60. The standard InChI is InChI=1S/C14H28O/c1-4-5-6-7-8-9-10-11-12-13-15-14(2)3/h2,4-13H2,1,3H3. The lowest BCUT2D eigenvalue weighted by Crippen LogP contribution is -1.91. The van der Waals surface area contributed by atoms with Crippen LogP contribution < -0.4 is 0 Å². The number of hydrogen-bond acceptors (Lipinski definition) is 1. The Bertz CT molecular complexity index is 140. The first-order valence-corrected chi connectivity index (χ1v) is 6.55. The summed E-state index contributed by atoms with van der Waals surface area (Å²) in [6.45, 7) is 8.74. The van der Waals surface area contributed by atoms with Gasteiger partial charge >= 0.3 is 0 Å². The van der Waals surface area contributed by atoms with Crippen LogP contribution in [0.5, 0.6) is 0 Å². The quantitative estimate of drug-likeness (QED) is 0.343. The average molecular weight is 212 g/mol. The number of allylic oxidation sites excluding steroid dienone is 1. The van der Waals surface area contributed by atoms with Gasteiger partial charge in [0, 0.05) is 0 Å². The van der Waals surface area contributed by atoms with Crippen LogP contribution in [0.3, 0.4) is 0 Å². The monoisotopic (exact) mass is 212 g/mol. The molecule has 0 aliphatic rings. The first kappa shape index (κ1) is 14.5. The molecule has 0 N–H and O–H groups in total. The van der Waals surface area contributed by atoms with Crippen molar-refractivity contribution in [3.63, 3.8) is 0 Å². The third kappa shape index (κ3) is 13.5. The van der Waals surface area contributed by atoms with E-state index in [1.165, 1.54) is 57.8 Å². The Morgan fingerprint density at radius 3 is 1.80 bits per heavy atom. The van der Waals surface area contributed by atoms with Crippen LogP contribution in [-0.4, -0.2) is 6.61 Å². The molecular formula is C14H28O. The fourth-order valence-electron chi connectivity index (χ4n) is 1.66. The van der Waals surface area contributed by atoms with Crippen LogP contribution in [-0.2, 0) is 4.74 Å². The maximum absolute atomic E-state index is 5.31. The van der Waals surface area contributed by atoms with Gasteiger partial charge in [-0.25, -0.2) is 0 Å². The minimum atomic E-state index is 0.842. The number of ether oxygens (including phenoxy) is 1. The van der Waals surface area contributed by atoms with Crippen LogP contribution >= 0.6 is 0 Å².